The molecule has 0 aromatic rings. The van der Waals surface area contributed by atoms with Crippen molar-refractivity contribution in [2.24, 2.45) is 0 Å². The van der Waals surface area contributed by atoms with Gasteiger partial charge >= 0.3 is 23.9 Å². The minimum atomic E-state index is -1.85. The predicted molar refractivity (Wildman–Crippen MR) is 83.4 cm³/mol. The maximum Gasteiger partial charge on any atom is 0.326 e. The van der Waals surface area contributed by atoms with Crippen molar-refractivity contribution in [3.05, 3.63) is 0 Å². The quantitative estimate of drug-likeness (QED) is 0.360. The third-order valence-corrected chi connectivity index (χ3v) is 4.16. The van der Waals surface area contributed by atoms with Gasteiger partial charge < -0.3 is 20.4 Å². The number of aliphatic carboxylic acids is 4. The second-order valence-corrected chi connectivity index (χ2v) is 5.95. The molecular formula is C14H23N3O8. The maximum atomic E-state index is 12.1. The van der Waals surface area contributed by atoms with E-state index in [0.717, 1.165) is 4.90 Å². The molecule has 0 bridgehead atoms. The average Bonchev–Trinajstić information content (AvgIpc) is 2.65. The molecule has 0 radical (unpaired) electrons. The third-order valence-electron chi connectivity index (χ3n) is 4.16. The van der Waals surface area contributed by atoms with E-state index in [1.807, 2.05) is 0 Å². The van der Waals surface area contributed by atoms with E-state index >= 15 is 0 Å². The summed E-state index contributed by atoms with van der Waals surface area (Å²) < 4.78 is 0. The van der Waals surface area contributed by atoms with Crippen LogP contribution in [0.3, 0.4) is 0 Å². The summed E-state index contributed by atoms with van der Waals surface area (Å²) in [6.07, 6.45) is 0. The molecule has 25 heavy (non-hydrogen) atoms. The van der Waals surface area contributed by atoms with E-state index in [2.05, 4.69) is 0 Å². The maximum absolute atomic E-state index is 12.1. The number of likely N-dealkylation sites (N-methyl/N-ethyl adjacent to an activating group) is 1. The summed E-state index contributed by atoms with van der Waals surface area (Å²) in [6.45, 7) is 0.563. The molecule has 142 valence electrons. The summed E-state index contributed by atoms with van der Waals surface area (Å²) in [5.41, 5.74) is -1.85. The zero-order valence-corrected chi connectivity index (χ0v) is 13.9. The molecule has 0 amide bonds. The molecule has 4 N–H and O–H groups in total. The SMILES string of the molecule is CCN1CCN(CC(=O)O)CC(C(=O)O)(N(CC(=O)O)CC(=O)O)C1. The lowest BCUT2D eigenvalue weighted by molar-refractivity contribution is -0.160. The van der Waals surface area contributed by atoms with Gasteiger partial charge in [0.2, 0.25) is 0 Å². The zero-order valence-electron chi connectivity index (χ0n) is 13.9. The van der Waals surface area contributed by atoms with Crippen molar-refractivity contribution in [3.63, 3.8) is 0 Å². The molecule has 1 rings (SSSR count). The summed E-state index contributed by atoms with van der Waals surface area (Å²) in [6, 6.07) is 0. The normalized spacial score (nSPS) is 22.5. The highest BCUT2D eigenvalue weighted by Gasteiger charge is 2.49. The van der Waals surface area contributed by atoms with Crippen molar-refractivity contribution < 1.29 is 39.6 Å². The fourth-order valence-electron chi connectivity index (χ4n) is 2.98. The summed E-state index contributed by atoms with van der Waals surface area (Å²) in [7, 11) is 0. The van der Waals surface area contributed by atoms with Crippen LogP contribution in [0.1, 0.15) is 6.92 Å². The monoisotopic (exact) mass is 361 g/mol. The van der Waals surface area contributed by atoms with Crippen LogP contribution in [-0.4, -0.2) is 117 Å². The topological polar surface area (TPSA) is 159 Å². The molecule has 1 aliphatic rings. The molecule has 1 atom stereocenters. The van der Waals surface area contributed by atoms with Gasteiger partial charge in [0.05, 0.1) is 19.6 Å². The molecule has 11 nitrogen and oxygen atoms in total. The molecule has 1 unspecified atom stereocenters. The molecule has 0 saturated carbocycles. The van der Waals surface area contributed by atoms with Crippen LogP contribution < -0.4 is 0 Å². The van der Waals surface area contributed by atoms with Crippen LogP contribution >= 0.6 is 0 Å². The average molecular weight is 361 g/mol. The first kappa shape index (κ1) is 20.8. The van der Waals surface area contributed by atoms with E-state index in [1.54, 1.807) is 11.8 Å². The summed E-state index contributed by atoms with van der Waals surface area (Å²) in [5.74, 6) is -5.25. The van der Waals surface area contributed by atoms with Crippen LogP contribution in [0.25, 0.3) is 0 Å². The van der Waals surface area contributed by atoms with Crippen LogP contribution in [-0.2, 0) is 19.2 Å². The summed E-state index contributed by atoms with van der Waals surface area (Å²) >= 11 is 0. The third kappa shape index (κ3) is 5.66. The Kier molecular flexibility index (Phi) is 7.27. The zero-order chi connectivity index (χ0) is 19.2. The van der Waals surface area contributed by atoms with Gasteiger partial charge in [-0.15, -0.1) is 0 Å². The fourth-order valence-corrected chi connectivity index (χ4v) is 2.98. The van der Waals surface area contributed by atoms with Crippen LogP contribution in [0.4, 0.5) is 0 Å². The van der Waals surface area contributed by atoms with Gasteiger partial charge in [-0.2, -0.15) is 0 Å². The highest BCUT2D eigenvalue weighted by molar-refractivity contribution is 5.83. The van der Waals surface area contributed by atoms with E-state index in [-0.39, 0.29) is 19.6 Å². The smallest absolute Gasteiger partial charge is 0.326 e. The lowest BCUT2D eigenvalue weighted by Gasteiger charge is -2.41. The van der Waals surface area contributed by atoms with Crippen LogP contribution in [0, 0.1) is 0 Å². The molecule has 11 heteroatoms. The standard InChI is InChI=1S/C14H23N3O8/c1-2-15-3-4-16(5-10(18)19)9-14(8-15,13(24)25)17(6-11(20)21)7-12(22)23/h2-9H2,1H3,(H,18,19)(H,20,21)(H,22,23)(H,24,25). The van der Waals surface area contributed by atoms with Gasteiger partial charge in [0.1, 0.15) is 5.54 Å². The van der Waals surface area contributed by atoms with Crippen LogP contribution in [0.15, 0.2) is 0 Å². The molecule has 0 aromatic carbocycles. The molecule has 0 aliphatic carbocycles. The van der Waals surface area contributed by atoms with Gasteiger partial charge in [-0.1, -0.05) is 6.92 Å². The first-order chi connectivity index (χ1) is 11.6. The first-order valence-corrected chi connectivity index (χ1v) is 7.69. The highest BCUT2D eigenvalue weighted by Crippen LogP contribution is 2.23. The molecule has 1 heterocycles. The van der Waals surface area contributed by atoms with Crippen molar-refractivity contribution in [2.75, 3.05) is 52.4 Å². The Hall–Kier alpha value is -2.24. The number of nitrogens with zero attached hydrogens (tertiary/aromatic N) is 3. The molecular weight excluding hydrogens is 338 g/mol. The van der Waals surface area contributed by atoms with Crippen LogP contribution in [0.2, 0.25) is 0 Å². The Labute approximate surface area is 144 Å². The Morgan fingerprint density at radius 3 is 1.76 bits per heavy atom. The van der Waals surface area contributed by atoms with Crippen molar-refractivity contribution >= 4 is 23.9 Å². The fraction of sp³-hybridized carbons (Fsp3) is 0.714. The van der Waals surface area contributed by atoms with Crippen molar-refractivity contribution in [3.8, 4) is 0 Å². The number of rotatable bonds is 9. The van der Waals surface area contributed by atoms with E-state index < -0.39 is 49.1 Å². The Balaban J connectivity index is 3.32. The molecule has 1 aliphatic heterocycles. The van der Waals surface area contributed by atoms with Gasteiger partial charge in [-0.3, -0.25) is 33.9 Å². The van der Waals surface area contributed by atoms with Crippen molar-refractivity contribution in [1.82, 2.24) is 14.7 Å². The molecule has 1 fully saturated rings. The first-order valence-electron chi connectivity index (χ1n) is 7.69. The molecule has 0 aromatic heterocycles. The molecule has 1 saturated heterocycles. The van der Waals surface area contributed by atoms with E-state index in [0.29, 0.717) is 13.1 Å². The molecule has 0 spiro atoms. The van der Waals surface area contributed by atoms with Gasteiger partial charge in [-0.05, 0) is 6.54 Å². The van der Waals surface area contributed by atoms with E-state index in [1.165, 1.54) is 4.90 Å². The lowest BCUT2D eigenvalue weighted by atomic mass is 9.95. The van der Waals surface area contributed by atoms with Crippen molar-refractivity contribution in [1.29, 1.82) is 0 Å². The number of hydrogen-bond acceptors (Lipinski definition) is 7. The minimum Gasteiger partial charge on any atom is -0.480 e. The minimum absolute atomic E-state index is 0.102. The van der Waals surface area contributed by atoms with E-state index in [4.69, 9.17) is 15.3 Å². The van der Waals surface area contributed by atoms with Gasteiger partial charge in [-0.25, -0.2) is 0 Å². The Bertz CT molecular complexity index is 524. The Morgan fingerprint density at radius 1 is 0.880 bits per heavy atom. The number of carboxylic acids is 4. The summed E-state index contributed by atoms with van der Waals surface area (Å²) in [4.78, 5) is 49.4. The number of hydrogen-bond donors (Lipinski definition) is 4. The number of carbonyl (C=O) groups is 4. The second-order valence-electron chi connectivity index (χ2n) is 5.95. The highest BCUT2D eigenvalue weighted by atomic mass is 16.4. The van der Waals surface area contributed by atoms with E-state index in [9.17, 15) is 24.3 Å². The van der Waals surface area contributed by atoms with Gasteiger partial charge in [0, 0.05) is 26.2 Å². The number of carboxylic acid groups (broad SMARTS) is 4. The van der Waals surface area contributed by atoms with Gasteiger partial charge in [0.15, 0.2) is 0 Å². The van der Waals surface area contributed by atoms with Gasteiger partial charge in [0.25, 0.3) is 0 Å². The summed E-state index contributed by atoms with van der Waals surface area (Å²) in [5, 5.41) is 37.0. The predicted octanol–water partition coefficient (Wildman–Crippen LogP) is -2.00. The second kappa shape index (κ2) is 8.74. The largest absolute Gasteiger partial charge is 0.480 e. The Morgan fingerprint density at radius 2 is 1.36 bits per heavy atom. The van der Waals surface area contributed by atoms with Crippen molar-refractivity contribution in [2.45, 2.75) is 12.5 Å². The lowest BCUT2D eigenvalue weighted by Crippen LogP contribution is -2.66. The van der Waals surface area contributed by atoms with Crippen LogP contribution in [0.5, 0.6) is 0 Å².